The second-order valence-electron chi connectivity index (χ2n) is 15.8. The molecule has 1 aliphatic heterocycles. The molecule has 3 heteroatoms. The monoisotopic (exact) mass is 635 g/mol. The molecule has 2 aliphatic carbocycles. The molecule has 0 saturated heterocycles. The molecule has 3 aliphatic rings. The van der Waals surface area contributed by atoms with Crippen molar-refractivity contribution in [3.8, 4) is 22.5 Å². The number of hydrogen-bond acceptors (Lipinski definition) is 1. The van der Waals surface area contributed by atoms with Crippen molar-refractivity contribution in [1.82, 2.24) is 0 Å². The van der Waals surface area contributed by atoms with Gasteiger partial charge in [-0.25, -0.2) is 4.57 Å². The summed E-state index contributed by atoms with van der Waals surface area (Å²) in [6.45, 7) is 12.2. The van der Waals surface area contributed by atoms with Gasteiger partial charge >= 0.3 is 0 Å². The minimum absolute atomic E-state index is 0.0579. The number of benzene rings is 3. The van der Waals surface area contributed by atoms with Gasteiger partial charge < -0.3 is 4.90 Å². The van der Waals surface area contributed by atoms with E-state index in [0.29, 0.717) is 5.92 Å². The SMILES string of the molecule is CCCCc1cc2c3c4[n+](ccc3c1)C1(CC)CC(Cc3ccc(N(C)C)cc3-c3cccc[n+]3C)C1(CC)c1cccc(c1-4)C2(C)C. The average molecular weight is 636 g/mol. The van der Waals surface area contributed by atoms with Gasteiger partial charge in [-0.1, -0.05) is 77.4 Å². The van der Waals surface area contributed by atoms with Crippen molar-refractivity contribution < 1.29 is 9.13 Å². The maximum absolute atomic E-state index is 2.80. The number of rotatable bonds is 9. The van der Waals surface area contributed by atoms with Gasteiger partial charge in [-0.15, -0.1) is 0 Å². The molecule has 3 atom stereocenters. The lowest BCUT2D eigenvalue weighted by molar-refractivity contribution is -0.787. The molecule has 0 amide bonds. The first-order chi connectivity index (χ1) is 23.1. The number of anilines is 1. The van der Waals surface area contributed by atoms with Gasteiger partial charge in [0.25, 0.3) is 0 Å². The molecule has 48 heavy (non-hydrogen) atoms. The topological polar surface area (TPSA) is 11.0 Å². The molecule has 246 valence electrons. The maximum Gasteiger partial charge on any atom is 0.221 e. The van der Waals surface area contributed by atoms with E-state index in [2.05, 4.69) is 155 Å². The van der Waals surface area contributed by atoms with E-state index in [4.69, 9.17) is 0 Å². The van der Waals surface area contributed by atoms with Gasteiger partial charge in [0, 0.05) is 56.2 Å². The minimum atomic E-state index is -0.0599. The highest BCUT2D eigenvalue weighted by atomic mass is 15.1. The zero-order chi connectivity index (χ0) is 33.6. The van der Waals surface area contributed by atoms with Crippen LogP contribution in [0.2, 0.25) is 0 Å². The van der Waals surface area contributed by atoms with Crippen molar-refractivity contribution in [3.63, 3.8) is 0 Å². The number of fused-ring (bicyclic) bond motifs is 3. The van der Waals surface area contributed by atoms with Gasteiger partial charge in [0.1, 0.15) is 7.05 Å². The number of hydrogen-bond donors (Lipinski definition) is 0. The molecule has 0 spiro atoms. The molecule has 5 aromatic rings. The first kappa shape index (κ1) is 31.3. The summed E-state index contributed by atoms with van der Waals surface area (Å²) in [7, 11) is 6.48. The van der Waals surface area contributed by atoms with Crippen LogP contribution in [0.4, 0.5) is 5.69 Å². The van der Waals surface area contributed by atoms with Crippen LogP contribution in [0.3, 0.4) is 0 Å². The molecule has 8 rings (SSSR count). The molecule has 3 aromatic carbocycles. The van der Waals surface area contributed by atoms with E-state index in [1.807, 2.05) is 0 Å². The predicted octanol–water partition coefficient (Wildman–Crippen LogP) is 9.36. The summed E-state index contributed by atoms with van der Waals surface area (Å²) in [4.78, 5) is 2.23. The number of unbranched alkanes of at least 4 members (excludes halogenated alkanes) is 1. The smallest absolute Gasteiger partial charge is 0.221 e. The second-order valence-corrected chi connectivity index (χ2v) is 15.8. The van der Waals surface area contributed by atoms with Crippen LogP contribution < -0.4 is 14.0 Å². The minimum Gasteiger partial charge on any atom is -0.378 e. The second kappa shape index (κ2) is 11.0. The summed E-state index contributed by atoms with van der Waals surface area (Å²) in [5.41, 5.74) is 14.6. The third-order valence-corrected chi connectivity index (χ3v) is 13.2. The molecule has 1 saturated carbocycles. The fraction of sp³-hybridized carbons (Fsp3) is 0.422. The number of aromatic nitrogens is 2. The predicted molar refractivity (Wildman–Crippen MR) is 200 cm³/mol. The fourth-order valence-electron chi connectivity index (χ4n) is 10.7. The first-order valence-corrected chi connectivity index (χ1v) is 18.5. The average Bonchev–Trinajstić information content (AvgIpc) is 3.08. The summed E-state index contributed by atoms with van der Waals surface area (Å²) in [5, 5.41) is 2.92. The van der Waals surface area contributed by atoms with E-state index >= 15 is 0 Å². The van der Waals surface area contributed by atoms with Crippen LogP contribution in [0.15, 0.2) is 85.2 Å². The summed E-state index contributed by atoms with van der Waals surface area (Å²) < 4.78 is 5.09. The lowest BCUT2D eigenvalue weighted by atomic mass is 9.40. The van der Waals surface area contributed by atoms with E-state index in [9.17, 15) is 0 Å². The molecule has 0 N–H and O–H groups in total. The van der Waals surface area contributed by atoms with Crippen LogP contribution >= 0.6 is 0 Å². The Bertz CT molecular complexity index is 2090. The fourth-order valence-corrected chi connectivity index (χ4v) is 10.7. The molecule has 0 radical (unpaired) electrons. The lowest BCUT2D eigenvalue weighted by Gasteiger charge is -2.63. The van der Waals surface area contributed by atoms with Crippen LogP contribution in [-0.2, 0) is 36.3 Å². The molecule has 3 heterocycles. The summed E-state index contributed by atoms with van der Waals surface area (Å²) in [5.74, 6) is 0.546. The Hall–Kier alpha value is -3.98. The van der Waals surface area contributed by atoms with Crippen LogP contribution in [0, 0.1) is 5.92 Å². The van der Waals surface area contributed by atoms with E-state index < -0.39 is 0 Å². The highest BCUT2D eigenvalue weighted by Gasteiger charge is 2.73. The van der Waals surface area contributed by atoms with E-state index in [1.54, 1.807) is 5.56 Å². The summed E-state index contributed by atoms with van der Waals surface area (Å²) in [6, 6.07) is 28.7. The van der Waals surface area contributed by atoms with Gasteiger partial charge in [0.2, 0.25) is 11.4 Å². The number of aryl methyl sites for hydroxylation is 2. The van der Waals surface area contributed by atoms with Crippen molar-refractivity contribution >= 4 is 16.5 Å². The Morgan fingerprint density at radius 1 is 0.833 bits per heavy atom. The summed E-state index contributed by atoms with van der Waals surface area (Å²) >= 11 is 0. The Morgan fingerprint density at radius 3 is 2.38 bits per heavy atom. The first-order valence-electron chi connectivity index (χ1n) is 18.5. The van der Waals surface area contributed by atoms with Crippen molar-refractivity contribution in [2.75, 3.05) is 19.0 Å². The maximum atomic E-state index is 2.80. The van der Waals surface area contributed by atoms with Crippen molar-refractivity contribution in [1.29, 1.82) is 0 Å². The highest BCUT2D eigenvalue weighted by molar-refractivity contribution is 6.02. The lowest BCUT2D eigenvalue weighted by Crippen LogP contribution is -2.79. The Kier molecular flexibility index (Phi) is 7.19. The molecule has 1 fully saturated rings. The molecule has 2 aromatic heterocycles. The quantitative estimate of drug-likeness (QED) is 0.147. The molecular weight excluding hydrogens is 583 g/mol. The third-order valence-electron chi connectivity index (χ3n) is 13.2. The van der Waals surface area contributed by atoms with Gasteiger partial charge in [0.15, 0.2) is 17.9 Å². The number of pyridine rings is 2. The zero-order valence-electron chi connectivity index (χ0n) is 30.5. The summed E-state index contributed by atoms with van der Waals surface area (Å²) in [6.07, 6.45) is 12.9. The largest absolute Gasteiger partial charge is 0.378 e. The van der Waals surface area contributed by atoms with Crippen LogP contribution in [0.1, 0.15) is 94.5 Å². The van der Waals surface area contributed by atoms with Gasteiger partial charge in [-0.2, -0.15) is 4.57 Å². The Balaban J connectivity index is 1.34. The Labute approximate surface area is 288 Å². The van der Waals surface area contributed by atoms with Gasteiger partial charge in [0.05, 0.1) is 21.9 Å². The van der Waals surface area contributed by atoms with Gasteiger partial charge in [-0.3, -0.25) is 0 Å². The van der Waals surface area contributed by atoms with Crippen molar-refractivity contribution in [3.05, 3.63) is 113 Å². The molecule has 3 unspecified atom stereocenters. The van der Waals surface area contributed by atoms with E-state index in [-0.39, 0.29) is 16.4 Å². The van der Waals surface area contributed by atoms with E-state index in [0.717, 1.165) is 25.7 Å². The molecular formula is C45H53N3+2. The highest BCUT2D eigenvalue weighted by Crippen LogP contribution is 2.68. The van der Waals surface area contributed by atoms with Gasteiger partial charge in [-0.05, 0) is 83.0 Å². The van der Waals surface area contributed by atoms with E-state index in [1.165, 1.54) is 80.5 Å². The van der Waals surface area contributed by atoms with Crippen molar-refractivity contribution in [2.45, 2.75) is 95.9 Å². The molecule has 3 nitrogen and oxygen atoms in total. The van der Waals surface area contributed by atoms with Crippen LogP contribution in [0.25, 0.3) is 33.3 Å². The van der Waals surface area contributed by atoms with Crippen LogP contribution in [-0.4, -0.2) is 14.1 Å². The van der Waals surface area contributed by atoms with Crippen molar-refractivity contribution in [2.24, 2.45) is 13.0 Å². The third kappa shape index (κ3) is 4.00. The number of nitrogens with zero attached hydrogens (tertiary/aromatic N) is 3. The Morgan fingerprint density at radius 2 is 1.65 bits per heavy atom. The molecule has 0 bridgehead atoms. The van der Waals surface area contributed by atoms with Crippen LogP contribution in [0.5, 0.6) is 0 Å². The normalized spacial score (nSPS) is 22.7. The standard InChI is InChI=1S/C45H53N3/c1-9-12-16-30-25-32-22-24-48-42-40(32)38(26-30)43(4,5)36-17-15-18-37(41(36)42)45(11-3)33(29-44(45,48)10-2)27-31-20-21-34(46(6)7)28-35(31)39-19-13-14-23-47(39)8/h13-15,17-26,28,33H,9-12,16,27,29H2,1-8H3/q+2. The zero-order valence-corrected chi connectivity index (χ0v) is 30.5.